The van der Waals surface area contributed by atoms with Gasteiger partial charge < -0.3 is 24.7 Å². The van der Waals surface area contributed by atoms with E-state index in [1.54, 1.807) is 0 Å². The highest BCUT2D eigenvalue weighted by Gasteiger charge is 2.39. The van der Waals surface area contributed by atoms with E-state index < -0.39 is 0 Å². The average Bonchev–Trinajstić information content (AvgIpc) is 2.88. The quantitative estimate of drug-likeness (QED) is 0.414. The molecule has 0 saturated carbocycles. The molecule has 2 aliphatic heterocycles. The van der Waals surface area contributed by atoms with Crippen LogP contribution in [0.15, 0.2) is 84.0 Å². The number of rotatable bonds is 1. The summed E-state index contributed by atoms with van der Waals surface area (Å²) in [4.78, 5) is 0. The highest BCUT2D eigenvalue weighted by molar-refractivity contribution is 5.93. The number of fused-ring (bicyclic) bond motifs is 6. The van der Waals surface area contributed by atoms with Gasteiger partial charge in [-0.3, -0.25) is 0 Å². The number of hydrogen-bond donors (Lipinski definition) is 2. The lowest BCUT2D eigenvalue weighted by atomic mass is 9.76. The molecule has 5 rings (SSSR count). The highest BCUT2D eigenvalue weighted by Crippen LogP contribution is 2.45. The summed E-state index contributed by atoms with van der Waals surface area (Å²) in [7, 11) is 0. The Morgan fingerprint density at radius 3 is 2.03 bits per heavy atom. The summed E-state index contributed by atoms with van der Waals surface area (Å²) in [6.07, 6.45) is 0.562. The molecule has 2 N–H and O–H groups in total. The fourth-order valence-electron chi connectivity index (χ4n) is 4.81. The third kappa shape index (κ3) is 4.58. The maximum Gasteiger partial charge on any atom is 0.124 e. The van der Waals surface area contributed by atoms with Gasteiger partial charge in [0.15, 0.2) is 0 Å². The standard InChI is InChI=1S/C27H28N2O4/c30-29-23-18-22-20-10-4-6-12-24(20)32-16-14-31-15-17-33-25-13-7-5-11-21(25)27(28-22)26(23)19-8-2-1-3-9-19/h1-13,22,26-28,30H,14-18H2/b29-23-/t22-,26-,27-/m0/s1. The summed E-state index contributed by atoms with van der Waals surface area (Å²) in [5.41, 5.74) is 3.87. The number of nitrogens with one attached hydrogen (secondary N) is 1. The Labute approximate surface area is 193 Å². The molecule has 1 saturated heterocycles. The normalized spacial score (nSPS) is 24.5. The SMILES string of the molecule is O/N=C1/C[C@@H]2N[C@@H](c3ccccc3OCCOCCOc3ccccc32)[C@H]1c1ccccc1. The predicted octanol–water partition coefficient (Wildman–Crippen LogP) is 4.86. The highest BCUT2D eigenvalue weighted by atomic mass is 16.5. The van der Waals surface area contributed by atoms with Crippen LogP contribution in [0.4, 0.5) is 0 Å². The Bertz CT molecular complexity index is 1100. The van der Waals surface area contributed by atoms with Crippen LogP contribution in [0.3, 0.4) is 0 Å². The zero-order valence-corrected chi connectivity index (χ0v) is 18.4. The third-order valence-corrected chi connectivity index (χ3v) is 6.29. The minimum atomic E-state index is -0.162. The van der Waals surface area contributed by atoms with Crippen LogP contribution in [-0.4, -0.2) is 37.3 Å². The van der Waals surface area contributed by atoms with E-state index in [0.717, 1.165) is 33.9 Å². The Balaban J connectivity index is 1.64. The molecule has 2 aliphatic rings. The third-order valence-electron chi connectivity index (χ3n) is 6.29. The Hall–Kier alpha value is -3.35. The van der Waals surface area contributed by atoms with Crippen LogP contribution in [0.25, 0.3) is 0 Å². The lowest BCUT2D eigenvalue weighted by Gasteiger charge is -2.39. The van der Waals surface area contributed by atoms with Gasteiger partial charge in [-0.25, -0.2) is 0 Å². The summed E-state index contributed by atoms with van der Waals surface area (Å²) in [6.45, 7) is 1.86. The first kappa shape index (κ1) is 21.5. The number of benzene rings is 3. The van der Waals surface area contributed by atoms with Crippen molar-refractivity contribution in [3.05, 3.63) is 95.6 Å². The van der Waals surface area contributed by atoms with Crippen LogP contribution in [0.2, 0.25) is 0 Å². The Morgan fingerprint density at radius 2 is 1.33 bits per heavy atom. The molecule has 6 nitrogen and oxygen atoms in total. The topological polar surface area (TPSA) is 72.3 Å². The van der Waals surface area contributed by atoms with E-state index in [4.69, 9.17) is 14.2 Å². The number of para-hydroxylation sites is 2. The summed E-state index contributed by atoms with van der Waals surface area (Å²) in [5, 5.41) is 17.8. The van der Waals surface area contributed by atoms with E-state index in [2.05, 4.69) is 34.7 Å². The largest absolute Gasteiger partial charge is 0.491 e. The molecule has 3 aromatic rings. The number of nitrogens with zero attached hydrogens (tertiary/aromatic N) is 1. The number of ether oxygens (including phenoxy) is 3. The molecule has 0 radical (unpaired) electrons. The molecule has 33 heavy (non-hydrogen) atoms. The monoisotopic (exact) mass is 444 g/mol. The Morgan fingerprint density at radius 1 is 0.727 bits per heavy atom. The minimum Gasteiger partial charge on any atom is -0.491 e. The molecule has 0 spiro atoms. The summed E-state index contributed by atoms with van der Waals surface area (Å²) in [6, 6.07) is 26.0. The van der Waals surface area contributed by atoms with Gasteiger partial charge in [-0.15, -0.1) is 0 Å². The lowest BCUT2D eigenvalue weighted by Crippen LogP contribution is -2.41. The molecule has 1 fully saturated rings. The fourth-order valence-corrected chi connectivity index (χ4v) is 4.81. The molecular formula is C27H28N2O4. The molecule has 170 valence electrons. The first-order chi connectivity index (χ1) is 16.3. The Kier molecular flexibility index (Phi) is 6.56. The molecule has 3 aromatic carbocycles. The zero-order chi connectivity index (χ0) is 22.5. The number of piperidine rings is 1. The van der Waals surface area contributed by atoms with Crippen LogP contribution >= 0.6 is 0 Å². The summed E-state index contributed by atoms with van der Waals surface area (Å²) < 4.78 is 17.9. The molecule has 0 unspecified atom stereocenters. The van der Waals surface area contributed by atoms with Crippen molar-refractivity contribution >= 4 is 5.71 Å². The first-order valence-electron chi connectivity index (χ1n) is 11.4. The molecule has 6 heteroatoms. The second kappa shape index (κ2) is 10.1. The van der Waals surface area contributed by atoms with E-state index >= 15 is 0 Å². The van der Waals surface area contributed by atoms with Crippen molar-refractivity contribution in [1.82, 2.24) is 5.32 Å². The molecule has 2 bridgehead atoms. The molecule has 0 aliphatic carbocycles. The van der Waals surface area contributed by atoms with Crippen LogP contribution < -0.4 is 14.8 Å². The van der Waals surface area contributed by atoms with Crippen molar-refractivity contribution in [2.24, 2.45) is 5.16 Å². The first-order valence-corrected chi connectivity index (χ1v) is 11.4. The van der Waals surface area contributed by atoms with Gasteiger partial charge in [0.25, 0.3) is 0 Å². The van der Waals surface area contributed by atoms with Gasteiger partial charge in [-0.05, 0) is 17.7 Å². The van der Waals surface area contributed by atoms with Gasteiger partial charge in [0.2, 0.25) is 0 Å². The van der Waals surface area contributed by atoms with E-state index in [-0.39, 0.29) is 18.0 Å². The predicted molar refractivity (Wildman–Crippen MR) is 126 cm³/mol. The van der Waals surface area contributed by atoms with E-state index in [9.17, 15) is 5.21 Å². The molecule has 3 atom stereocenters. The minimum absolute atomic E-state index is 0.0889. The smallest absolute Gasteiger partial charge is 0.124 e. The van der Waals surface area contributed by atoms with Gasteiger partial charge in [0.1, 0.15) is 24.7 Å². The van der Waals surface area contributed by atoms with E-state index in [1.165, 1.54) is 0 Å². The van der Waals surface area contributed by atoms with Crippen molar-refractivity contribution in [2.75, 3.05) is 26.4 Å². The zero-order valence-electron chi connectivity index (χ0n) is 18.4. The van der Waals surface area contributed by atoms with Crippen LogP contribution in [0, 0.1) is 0 Å². The fraction of sp³-hybridized carbons (Fsp3) is 0.296. The van der Waals surface area contributed by atoms with Crippen molar-refractivity contribution in [3.8, 4) is 11.5 Å². The second-order valence-electron chi connectivity index (χ2n) is 8.27. The average molecular weight is 445 g/mol. The van der Waals surface area contributed by atoms with Gasteiger partial charge in [0.05, 0.1) is 18.9 Å². The van der Waals surface area contributed by atoms with Gasteiger partial charge >= 0.3 is 0 Å². The molecule has 2 heterocycles. The van der Waals surface area contributed by atoms with Crippen molar-refractivity contribution in [3.63, 3.8) is 0 Å². The maximum atomic E-state index is 10.1. The van der Waals surface area contributed by atoms with Crippen molar-refractivity contribution in [1.29, 1.82) is 0 Å². The molecule has 0 amide bonds. The summed E-state index contributed by atoms with van der Waals surface area (Å²) in [5.74, 6) is 1.47. The van der Waals surface area contributed by atoms with Crippen LogP contribution in [-0.2, 0) is 4.74 Å². The molecular weight excluding hydrogens is 416 g/mol. The van der Waals surface area contributed by atoms with E-state index in [1.807, 2.05) is 54.6 Å². The van der Waals surface area contributed by atoms with Gasteiger partial charge in [-0.1, -0.05) is 71.9 Å². The second-order valence-corrected chi connectivity index (χ2v) is 8.27. The van der Waals surface area contributed by atoms with Crippen LogP contribution in [0.1, 0.15) is 41.1 Å². The number of hydrogen-bond acceptors (Lipinski definition) is 6. The van der Waals surface area contributed by atoms with Crippen molar-refractivity contribution in [2.45, 2.75) is 24.4 Å². The number of oxime groups is 1. The maximum absolute atomic E-state index is 10.1. The van der Waals surface area contributed by atoms with Crippen LogP contribution in [0.5, 0.6) is 11.5 Å². The molecule has 0 aromatic heterocycles. The van der Waals surface area contributed by atoms with E-state index in [0.29, 0.717) is 32.8 Å². The van der Waals surface area contributed by atoms with Gasteiger partial charge in [-0.2, -0.15) is 0 Å². The summed E-state index contributed by atoms with van der Waals surface area (Å²) >= 11 is 0. The van der Waals surface area contributed by atoms with Crippen molar-refractivity contribution < 1.29 is 19.4 Å². The van der Waals surface area contributed by atoms with Gasteiger partial charge in [0, 0.05) is 35.5 Å². The lowest BCUT2D eigenvalue weighted by molar-refractivity contribution is 0.0751.